The summed E-state index contributed by atoms with van der Waals surface area (Å²) in [7, 11) is 0. The smallest absolute Gasteiger partial charge is 0.404 e. The lowest BCUT2D eigenvalue weighted by atomic mass is 10.4. The van der Waals surface area contributed by atoms with Crippen LogP contribution in [0.15, 0.2) is 0 Å². The molecule has 0 atom stereocenters. The first kappa shape index (κ1) is 10.2. The predicted octanol–water partition coefficient (Wildman–Crippen LogP) is 0.898. The van der Waals surface area contributed by atoms with Gasteiger partial charge in [0.15, 0.2) is 0 Å². The van der Waals surface area contributed by atoms with E-state index >= 15 is 0 Å². The third kappa shape index (κ3) is 9.23. The van der Waals surface area contributed by atoms with Crippen molar-refractivity contribution in [3.63, 3.8) is 0 Å². The number of rotatable bonds is 1. The van der Waals surface area contributed by atoms with Crippen LogP contribution in [0.25, 0.3) is 0 Å². The van der Waals surface area contributed by atoms with Crippen molar-refractivity contribution in [2.45, 2.75) is 19.8 Å². The van der Waals surface area contributed by atoms with Gasteiger partial charge in [0.1, 0.15) is 0 Å². The summed E-state index contributed by atoms with van der Waals surface area (Å²) in [6.45, 7) is 4.06. The van der Waals surface area contributed by atoms with Crippen molar-refractivity contribution in [3.05, 3.63) is 0 Å². The van der Waals surface area contributed by atoms with Crippen LogP contribution in [0.1, 0.15) is 19.8 Å². The van der Waals surface area contributed by atoms with Gasteiger partial charge in [0.25, 0.3) is 0 Å². The van der Waals surface area contributed by atoms with Gasteiger partial charge in [0.2, 0.25) is 0 Å². The number of nitrogens with two attached hydrogens (primary N) is 1. The van der Waals surface area contributed by atoms with Crippen LogP contribution in [0.3, 0.4) is 0 Å². The summed E-state index contributed by atoms with van der Waals surface area (Å²) < 4.78 is 9.12. The lowest BCUT2D eigenvalue weighted by molar-refractivity contribution is 0.163. The maximum atomic E-state index is 9.60. The molecule has 66 valence electrons. The Kier molecular flexibility index (Phi) is 6.82. The van der Waals surface area contributed by atoms with E-state index in [2.05, 4.69) is 10.5 Å². The highest BCUT2D eigenvalue weighted by Crippen LogP contribution is 1.98. The highest BCUT2D eigenvalue weighted by molar-refractivity contribution is 5.64. The summed E-state index contributed by atoms with van der Waals surface area (Å²) in [5.74, 6) is 0. The molecule has 4 nitrogen and oxygen atoms in total. The second-order valence-corrected chi connectivity index (χ2v) is 2.07. The van der Waals surface area contributed by atoms with Crippen LogP contribution >= 0.6 is 0 Å². The Morgan fingerprint density at radius 3 is 2.18 bits per heavy atom. The Hall–Kier alpha value is -0.770. The molecule has 0 spiro atoms. The second kappa shape index (κ2) is 7.34. The number of hydrogen-bond acceptors (Lipinski definition) is 3. The first-order chi connectivity index (χ1) is 5.27. The molecule has 4 heteroatoms. The predicted molar refractivity (Wildman–Crippen MR) is 41.3 cm³/mol. The van der Waals surface area contributed by atoms with Crippen LogP contribution in [0, 0.1) is 0 Å². The van der Waals surface area contributed by atoms with Crippen molar-refractivity contribution in [3.8, 4) is 0 Å². The Balaban J connectivity index is 0.000000183. The number of primary amides is 1. The minimum atomic E-state index is -0.711. The second-order valence-electron chi connectivity index (χ2n) is 2.07. The summed E-state index contributed by atoms with van der Waals surface area (Å²) in [6.07, 6.45) is 1.84. The van der Waals surface area contributed by atoms with Crippen LogP contribution in [0.5, 0.6) is 0 Å². The number of carbonyl (C=O) groups excluding carboxylic acids is 1. The molecule has 0 aromatic rings. The zero-order valence-corrected chi connectivity index (χ0v) is 6.84. The third-order valence-corrected chi connectivity index (χ3v) is 1.11. The molecular weight excluding hydrogens is 146 g/mol. The van der Waals surface area contributed by atoms with E-state index in [9.17, 15) is 4.79 Å². The Morgan fingerprint density at radius 2 is 2.09 bits per heavy atom. The van der Waals surface area contributed by atoms with Crippen molar-refractivity contribution in [2.24, 2.45) is 5.73 Å². The minimum absolute atomic E-state index is 0.356. The molecule has 2 N–H and O–H groups in total. The molecule has 0 bridgehead atoms. The largest absolute Gasteiger partial charge is 0.450 e. The summed E-state index contributed by atoms with van der Waals surface area (Å²) in [5, 5.41) is 0. The molecule has 0 unspecified atom stereocenters. The Labute approximate surface area is 66.7 Å². The average Bonchev–Trinajstić information content (AvgIpc) is 2.41. The molecule has 0 aromatic heterocycles. The van der Waals surface area contributed by atoms with E-state index in [1.807, 2.05) is 0 Å². The fraction of sp³-hybridized carbons (Fsp3) is 0.857. The van der Waals surface area contributed by atoms with Gasteiger partial charge >= 0.3 is 6.09 Å². The van der Waals surface area contributed by atoms with Gasteiger partial charge in [0, 0.05) is 13.2 Å². The van der Waals surface area contributed by atoms with Gasteiger partial charge in [-0.25, -0.2) is 4.79 Å². The van der Waals surface area contributed by atoms with E-state index in [-0.39, 0.29) is 0 Å². The molecule has 0 saturated carbocycles. The lowest BCUT2D eigenvalue weighted by Crippen LogP contribution is -2.11. The van der Waals surface area contributed by atoms with Gasteiger partial charge in [-0.2, -0.15) is 0 Å². The van der Waals surface area contributed by atoms with E-state index < -0.39 is 6.09 Å². The summed E-state index contributed by atoms with van der Waals surface area (Å²) in [6, 6.07) is 0. The first-order valence-corrected chi connectivity index (χ1v) is 3.77. The maximum Gasteiger partial charge on any atom is 0.404 e. The highest BCUT2D eigenvalue weighted by Gasteiger charge is 1.94. The number of ether oxygens (including phenoxy) is 2. The number of hydrogen-bond donors (Lipinski definition) is 1. The van der Waals surface area contributed by atoms with Crippen molar-refractivity contribution < 1.29 is 14.3 Å². The molecule has 1 aliphatic heterocycles. The van der Waals surface area contributed by atoms with Crippen molar-refractivity contribution >= 4 is 6.09 Å². The van der Waals surface area contributed by atoms with E-state index in [0.717, 1.165) is 13.2 Å². The van der Waals surface area contributed by atoms with E-state index in [1.54, 1.807) is 6.92 Å². The maximum absolute atomic E-state index is 9.60. The van der Waals surface area contributed by atoms with Crippen molar-refractivity contribution in [1.82, 2.24) is 0 Å². The van der Waals surface area contributed by atoms with E-state index in [0.29, 0.717) is 6.61 Å². The molecule has 1 fully saturated rings. The quantitative estimate of drug-likeness (QED) is 0.621. The summed E-state index contributed by atoms with van der Waals surface area (Å²) in [5.41, 5.74) is 4.54. The van der Waals surface area contributed by atoms with Gasteiger partial charge in [0.05, 0.1) is 6.61 Å². The SMILES string of the molecule is C1CCOC1.CCOC(N)=O. The fourth-order valence-corrected chi connectivity index (χ4v) is 0.653. The van der Waals surface area contributed by atoms with Crippen molar-refractivity contribution in [1.29, 1.82) is 0 Å². The zero-order valence-electron chi connectivity index (χ0n) is 6.84. The Morgan fingerprint density at radius 1 is 1.55 bits per heavy atom. The molecule has 0 radical (unpaired) electrons. The van der Waals surface area contributed by atoms with E-state index in [4.69, 9.17) is 4.74 Å². The molecule has 1 rings (SSSR count). The summed E-state index contributed by atoms with van der Waals surface area (Å²) in [4.78, 5) is 9.60. The van der Waals surface area contributed by atoms with Crippen LogP contribution in [-0.2, 0) is 9.47 Å². The standard InChI is InChI=1S/C4H8O.C3H7NO2/c1-2-4-5-3-1;1-2-6-3(4)5/h1-4H2;2H2,1H3,(H2,4,5). The molecule has 0 aromatic carbocycles. The number of amides is 1. The molecule has 0 aliphatic carbocycles. The summed E-state index contributed by atoms with van der Waals surface area (Å²) >= 11 is 0. The van der Waals surface area contributed by atoms with Gasteiger partial charge < -0.3 is 15.2 Å². The molecule has 1 saturated heterocycles. The van der Waals surface area contributed by atoms with Crippen LogP contribution < -0.4 is 5.73 Å². The Bertz CT molecular complexity index is 94.2. The van der Waals surface area contributed by atoms with Crippen LogP contribution in [0.4, 0.5) is 4.79 Å². The minimum Gasteiger partial charge on any atom is -0.450 e. The molecular formula is C7H15NO3. The first-order valence-electron chi connectivity index (χ1n) is 3.77. The topological polar surface area (TPSA) is 61.6 Å². The lowest BCUT2D eigenvalue weighted by Gasteiger charge is -1.89. The van der Waals surface area contributed by atoms with Gasteiger partial charge in [-0.3, -0.25) is 0 Å². The highest BCUT2D eigenvalue weighted by atomic mass is 16.5. The van der Waals surface area contributed by atoms with Gasteiger partial charge in [-0.05, 0) is 19.8 Å². The van der Waals surface area contributed by atoms with Crippen LogP contribution in [0.2, 0.25) is 0 Å². The fourth-order valence-electron chi connectivity index (χ4n) is 0.653. The molecule has 1 amide bonds. The van der Waals surface area contributed by atoms with Crippen LogP contribution in [-0.4, -0.2) is 25.9 Å². The molecule has 11 heavy (non-hydrogen) atoms. The molecule has 1 aliphatic rings. The molecule has 1 heterocycles. The third-order valence-electron chi connectivity index (χ3n) is 1.11. The van der Waals surface area contributed by atoms with E-state index in [1.165, 1.54) is 12.8 Å². The zero-order chi connectivity index (χ0) is 8.53. The monoisotopic (exact) mass is 161 g/mol. The van der Waals surface area contributed by atoms with Gasteiger partial charge in [-0.1, -0.05) is 0 Å². The van der Waals surface area contributed by atoms with Gasteiger partial charge in [-0.15, -0.1) is 0 Å². The normalized spacial score (nSPS) is 15.0. The number of carbonyl (C=O) groups is 1. The van der Waals surface area contributed by atoms with Crippen molar-refractivity contribution in [2.75, 3.05) is 19.8 Å². The average molecular weight is 161 g/mol.